The van der Waals surface area contributed by atoms with Crippen LogP contribution < -0.4 is 4.74 Å². The van der Waals surface area contributed by atoms with Crippen molar-refractivity contribution in [2.45, 2.75) is 38.5 Å². The molecule has 1 aromatic rings. The van der Waals surface area contributed by atoms with E-state index >= 15 is 0 Å². The number of benzene rings is 1. The molecule has 2 atom stereocenters. The fraction of sp³-hybridized carbons (Fsp3) is 0.625. The number of hydrogen-bond acceptors (Lipinski definition) is 3. The van der Waals surface area contributed by atoms with Crippen molar-refractivity contribution in [1.82, 2.24) is 4.31 Å². The molecule has 4 nitrogen and oxygen atoms in total. The molecular weight excluding hydrogens is 286 g/mol. The summed E-state index contributed by atoms with van der Waals surface area (Å²) in [7, 11) is -1.80. The number of aryl methyl sites for hydroxylation is 1. The fourth-order valence-corrected chi connectivity index (χ4v) is 4.87. The van der Waals surface area contributed by atoms with Crippen molar-refractivity contribution < 1.29 is 13.2 Å². The Morgan fingerprint density at radius 3 is 2.38 bits per heavy atom. The number of hydrogen-bond donors (Lipinski definition) is 0. The molecule has 0 bridgehead atoms. The van der Waals surface area contributed by atoms with Crippen LogP contribution in [-0.2, 0) is 16.4 Å². The number of nitrogens with zero attached hydrogens (tertiary/aromatic N) is 1. The van der Waals surface area contributed by atoms with Crippen molar-refractivity contribution in [2.24, 2.45) is 11.8 Å². The summed E-state index contributed by atoms with van der Waals surface area (Å²) in [6.45, 7) is 7.45. The first-order valence-corrected chi connectivity index (χ1v) is 8.99. The van der Waals surface area contributed by atoms with Crippen LogP contribution in [0.25, 0.3) is 0 Å². The van der Waals surface area contributed by atoms with Gasteiger partial charge >= 0.3 is 0 Å². The first kappa shape index (κ1) is 16.3. The van der Waals surface area contributed by atoms with Crippen molar-refractivity contribution in [3.8, 4) is 5.75 Å². The van der Waals surface area contributed by atoms with Gasteiger partial charge in [0.25, 0.3) is 0 Å². The van der Waals surface area contributed by atoms with Gasteiger partial charge in [-0.1, -0.05) is 20.8 Å². The molecule has 21 heavy (non-hydrogen) atoms. The molecule has 1 aliphatic heterocycles. The zero-order chi connectivity index (χ0) is 15.6. The molecule has 0 aromatic heterocycles. The number of methoxy groups -OCH3 is 1. The van der Waals surface area contributed by atoms with Gasteiger partial charge in [-0.15, -0.1) is 0 Å². The highest BCUT2D eigenvalue weighted by molar-refractivity contribution is 7.89. The van der Waals surface area contributed by atoms with Crippen LogP contribution in [0.15, 0.2) is 23.1 Å². The fourth-order valence-electron chi connectivity index (χ4n) is 3.14. The molecule has 0 unspecified atom stereocenters. The van der Waals surface area contributed by atoms with Crippen LogP contribution in [0.2, 0.25) is 0 Å². The van der Waals surface area contributed by atoms with Gasteiger partial charge in [-0.25, -0.2) is 8.42 Å². The summed E-state index contributed by atoms with van der Waals surface area (Å²) in [5.74, 6) is 1.57. The largest absolute Gasteiger partial charge is 0.496 e. The van der Waals surface area contributed by atoms with Crippen LogP contribution in [0.5, 0.6) is 5.75 Å². The Bertz CT molecular complexity index is 588. The minimum atomic E-state index is -3.41. The summed E-state index contributed by atoms with van der Waals surface area (Å²) < 4.78 is 32.6. The van der Waals surface area contributed by atoms with E-state index in [1.54, 1.807) is 29.6 Å². The molecule has 5 heteroatoms. The van der Waals surface area contributed by atoms with E-state index in [1.807, 2.05) is 6.92 Å². The monoisotopic (exact) mass is 311 g/mol. The first-order valence-electron chi connectivity index (χ1n) is 7.55. The van der Waals surface area contributed by atoms with E-state index in [4.69, 9.17) is 4.74 Å². The molecule has 0 amide bonds. The second-order valence-electron chi connectivity index (χ2n) is 6.10. The van der Waals surface area contributed by atoms with Gasteiger partial charge < -0.3 is 4.74 Å². The maximum absolute atomic E-state index is 12.8. The second-order valence-corrected chi connectivity index (χ2v) is 8.03. The molecule has 0 aliphatic carbocycles. The Balaban J connectivity index is 2.35. The number of piperidine rings is 1. The third-order valence-electron chi connectivity index (χ3n) is 4.11. The summed E-state index contributed by atoms with van der Waals surface area (Å²) in [6.07, 6.45) is 1.84. The van der Waals surface area contributed by atoms with Crippen molar-refractivity contribution in [2.75, 3.05) is 20.2 Å². The molecule has 1 fully saturated rings. The van der Waals surface area contributed by atoms with E-state index in [0.717, 1.165) is 24.2 Å². The van der Waals surface area contributed by atoms with Gasteiger partial charge in [-0.3, -0.25) is 0 Å². The molecular formula is C16H25NO3S. The smallest absolute Gasteiger partial charge is 0.243 e. The molecule has 1 aromatic carbocycles. The SMILES string of the molecule is CCc1cc(S(=O)(=O)N2C[C@H](C)C[C@@H](C)C2)ccc1OC. The third kappa shape index (κ3) is 3.40. The minimum absolute atomic E-state index is 0.376. The van der Waals surface area contributed by atoms with Gasteiger partial charge in [-0.2, -0.15) is 4.31 Å². The predicted molar refractivity (Wildman–Crippen MR) is 84.1 cm³/mol. The van der Waals surface area contributed by atoms with Crippen LogP contribution in [-0.4, -0.2) is 32.9 Å². The third-order valence-corrected chi connectivity index (χ3v) is 5.93. The Labute approximate surface area is 128 Å². The Morgan fingerprint density at radius 1 is 1.24 bits per heavy atom. The van der Waals surface area contributed by atoms with E-state index in [0.29, 0.717) is 29.8 Å². The Hall–Kier alpha value is -1.07. The molecule has 0 N–H and O–H groups in total. The van der Waals surface area contributed by atoms with E-state index in [9.17, 15) is 8.42 Å². The van der Waals surface area contributed by atoms with Crippen LogP contribution in [0.1, 0.15) is 32.8 Å². The van der Waals surface area contributed by atoms with Crippen molar-refractivity contribution in [3.63, 3.8) is 0 Å². The zero-order valence-corrected chi connectivity index (χ0v) is 14.1. The number of sulfonamides is 1. The average molecular weight is 311 g/mol. The van der Waals surface area contributed by atoms with E-state index in [2.05, 4.69) is 13.8 Å². The highest BCUT2D eigenvalue weighted by Gasteiger charge is 2.31. The predicted octanol–water partition coefficient (Wildman–Crippen LogP) is 2.92. The summed E-state index contributed by atoms with van der Waals surface area (Å²) in [6, 6.07) is 5.15. The summed E-state index contributed by atoms with van der Waals surface area (Å²) in [5, 5.41) is 0. The van der Waals surface area contributed by atoms with Gasteiger partial charge in [0.2, 0.25) is 10.0 Å². The maximum atomic E-state index is 12.8. The molecule has 0 spiro atoms. The van der Waals surface area contributed by atoms with Gasteiger partial charge in [0.1, 0.15) is 5.75 Å². The zero-order valence-electron chi connectivity index (χ0n) is 13.3. The lowest BCUT2D eigenvalue weighted by atomic mass is 9.94. The quantitative estimate of drug-likeness (QED) is 0.859. The number of ether oxygens (including phenoxy) is 1. The lowest BCUT2D eigenvalue weighted by Crippen LogP contribution is -2.42. The van der Waals surface area contributed by atoms with Crippen LogP contribution in [0.4, 0.5) is 0 Å². The molecule has 1 heterocycles. The van der Waals surface area contributed by atoms with Gasteiger partial charge in [-0.05, 0) is 48.4 Å². The minimum Gasteiger partial charge on any atom is -0.496 e. The molecule has 1 saturated heterocycles. The van der Waals surface area contributed by atoms with E-state index in [-0.39, 0.29) is 0 Å². The lowest BCUT2D eigenvalue weighted by molar-refractivity contribution is 0.222. The van der Waals surface area contributed by atoms with Crippen LogP contribution in [0.3, 0.4) is 0 Å². The van der Waals surface area contributed by atoms with Crippen molar-refractivity contribution in [3.05, 3.63) is 23.8 Å². The average Bonchev–Trinajstić information content (AvgIpc) is 2.45. The van der Waals surface area contributed by atoms with Crippen molar-refractivity contribution >= 4 is 10.0 Å². The van der Waals surface area contributed by atoms with Gasteiger partial charge in [0.05, 0.1) is 12.0 Å². The summed E-state index contributed by atoms with van der Waals surface area (Å²) in [5.41, 5.74) is 0.927. The highest BCUT2D eigenvalue weighted by atomic mass is 32.2. The molecule has 1 aliphatic rings. The van der Waals surface area contributed by atoms with Gasteiger partial charge in [0.15, 0.2) is 0 Å². The summed E-state index contributed by atoms with van der Waals surface area (Å²) in [4.78, 5) is 0.376. The lowest BCUT2D eigenvalue weighted by Gasteiger charge is -2.34. The molecule has 0 saturated carbocycles. The van der Waals surface area contributed by atoms with E-state index in [1.165, 1.54) is 0 Å². The van der Waals surface area contributed by atoms with Crippen molar-refractivity contribution in [1.29, 1.82) is 0 Å². The van der Waals surface area contributed by atoms with E-state index < -0.39 is 10.0 Å². The molecule has 2 rings (SSSR count). The first-order chi connectivity index (χ1) is 9.88. The maximum Gasteiger partial charge on any atom is 0.243 e. The van der Waals surface area contributed by atoms with Crippen LogP contribution in [0, 0.1) is 11.8 Å². The second kappa shape index (κ2) is 6.36. The Kier molecular flexibility index (Phi) is 4.94. The topological polar surface area (TPSA) is 46.6 Å². The standard InChI is InChI=1S/C16H25NO3S/c1-5-14-9-15(6-7-16(14)20-4)21(18,19)17-10-12(2)8-13(3)11-17/h6-7,9,12-13H,5,8,10-11H2,1-4H3/t12-,13-/m1/s1. The molecule has 0 radical (unpaired) electrons. The number of rotatable bonds is 4. The van der Waals surface area contributed by atoms with Crippen LogP contribution >= 0.6 is 0 Å². The normalized spacial score (nSPS) is 24.0. The molecule has 118 valence electrons. The van der Waals surface area contributed by atoms with Gasteiger partial charge in [0, 0.05) is 13.1 Å². The highest BCUT2D eigenvalue weighted by Crippen LogP contribution is 2.29. The summed E-state index contributed by atoms with van der Waals surface area (Å²) >= 11 is 0. The Morgan fingerprint density at radius 2 is 1.86 bits per heavy atom.